The third-order valence-corrected chi connectivity index (χ3v) is 3.95. The van der Waals surface area contributed by atoms with Crippen LogP contribution in [0.2, 0.25) is 0 Å². The molecule has 0 fully saturated rings. The molecule has 96 valence electrons. The number of rotatable bonds is 5. The van der Waals surface area contributed by atoms with Gasteiger partial charge < -0.3 is 4.42 Å². The summed E-state index contributed by atoms with van der Waals surface area (Å²) in [6.45, 7) is 1.75. The second-order valence-corrected chi connectivity index (χ2v) is 5.85. The third kappa shape index (κ3) is 3.45. The van der Waals surface area contributed by atoms with Gasteiger partial charge in [-0.2, -0.15) is 0 Å². The molecule has 0 spiro atoms. The lowest BCUT2D eigenvalue weighted by molar-refractivity contribution is 0.459. The lowest BCUT2D eigenvalue weighted by Crippen LogP contribution is -2.27. The molecule has 0 saturated carbocycles. The van der Waals surface area contributed by atoms with E-state index in [4.69, 9.17) is 4.42 Å². The summed E-state index contributed by atoms with van der Waals surface area (Å²) in [7, 11) is -3.37. The highest BCUT2D eigenvalue weighted by molar-refractivity contribution is 7.88. The Bertz CT molecular complexity index is 576. The van der Waals surface area contributed by atoms with E-state index in [1.807, 2.05) is 18.2 Å². The van der Waals surface area contributed by atoms with Crippen LogP contribution >= 0.6 is 0 Å². The van der Waals surface area contributed by atoms with Crippen molar-refractivity contribution in [1.29, 1.82) is 0 Å². The average Bonchev–Trinajstić information content (AvgIpc) is 2.82. The van der Waals surface area contributed by atoms with E-state index in [1.54, 1.807) is 31.2 Å². The Kier molecular flexibility index (Phi) is 3.84. The average molecular weight is 265 g/mol. The van der Waals surface area contributed by atoms with Crippen molar-refractivity contribution in [3.05, 3.63) is 60.1 Å². The van der Waals surface area contributed by atoms with Crippen molar-refractivity contribution < 1.29 is 12.8 Å². The number of furan rings is 1. The predicted molar refractivity (Wildman–Crippen MR) is 69.3 cm³/mol. The molecule has 0 aliphatic carbocycles. The van der Waals surface area contributed by atoms with Crippen LogP contribution in [0.3, 0.4) is 0 Å². The standard InChI is InChI=1S/C13H15NO3S/c1-11(13-8-5-9-17-13)14-18(15,16)10-12-6-3-2-4-7-12/h2-9,11,14H,10H2,1H3/t11-/m0/s1. The summed E-state index contributed by atoms with van der Waals surface area (Å²) >= 11 is 0. The molecule has 1 N–H and O–H groups in total. The molecule has 1 atom stereocenters. The zero-order valence-corrected chi connectivity index (χ0v) is 10.9. The largest absolute Gasteiger partial charge is 0.468 e. The van der Waals surface area contributed by atoms with Crippen molar-refractivity contribution in [3.63, 3.8) is 0 Å². The molecular formula is C13H15NO3S. The van der Waals surface area contributed by atoms with Crippen molar-refractivity contribution in [1.82, 2.24) is 4.72 Å². The maximum absolute atomic E-state index is 12.0. The highest BCUT2D eigenvalue weighted by Crippen LogP contribution is 2.15. The summed E-state index contributed by atoms with van der Waals surface area (Å²) in [4.78, 5) is 0. The fourth-order valence-corrected chi connectivity index (χ4v) is 3.07. The third-order valence-electron chi connectivity index (χ3n) is 2.53. The normalized spacial score (nSPS) is 13.4. The fraction of sp³-hybridized carbons (Fsp3) is 0.231. The first-order valence-electron chi connectivity index (χ1n) is 5.64. The van der Waals surface area contributed by atoms with E-state index in [2.05, 4.69) is 4.72 Å². The molecule has 1 heterocycles. The molecule has 2 aromatic rings. The molecule has 0 unspecified atom stereocenters. The molecule has 5 heteroatoms. The Hall–Kier alpha value is -1.59. The summed E-state index contributed by atoms with van der Waals surface area (Å²) in [5.74, 6) is 0.574. The number of hydrogen-bond donors (Lipinski definition) is 1. The van der Waals surface area contributed by atoms with Crippen LogP contribution in [-0.4, -0.2) is 8.42 Å². The molecule has 0 aliphatic heterocycles. The van der Waals surface area contributed by atoms with Crippen molar-refractivity contribution in [2.75, 3.05) is 0 Å². The molecule has 18 heavy (non-hydrogen) atoms. The van der Waals surface area contributed by atoms with Crippen LogP contribution in [0, 0.1) is 0 Å². The minimum absolute atomic E-state index is 0.0289. The van der Waals surface area contributed by atoms with Gasteiger partial charge >= 0.3 is 0 Å². The second-order valence-electron chi connectivity index (χ2n) is 4.10. The molecule has 4 nitrogen and oxygen atoms in total. The fourth-order valence-electron chi connectivity index (χ4n) is 1.70. The molecule has 2 rings (SSSR count). The van der Waals surface area contributed by atoms with Gasteiger partial charge in [-0.05, 0) is 24.6 Å². The summed E-state index contributed by atoms with van der Waals surface area (Å²) in [6.07, 6.45) is 1.53. The van der Waals surface area contributed by atoms with E-state index in [9.17, 15) is 8.42 Å². The van der Waals surface area contributed by atoms with Gasteiger partial charge in [0, 0.05) is 0 Å². The minimum atomic E-state index is -3.37. The highest BCUT2D eigenvalue weighted by Gasteiger charge is 2.17. The van der Waals surface area contributed by atoms with Crippen LogP contribution in [0.15, 0.2) is 53.1 Å². The van der Waals surface area contributed by atoms with Gasteiger partial charge in [0.2, 0.25) is 10.0 Å². The van der Waals surface area contributed by atoms with Gasteiger partial charge in [-0.25, -0.2) is 13.1 Å². The van der Waals surface area contributed by atoms with Crippen LogP contribution in [0.5, 0.6) is 0 Å². The molecule has 0 bridgehead atoms. The van der Waals surface area contributed by atoms with E-state index in [-0.39, 0.29) is 11.8 Å². The summed E-state index contributed by atoms with van der Waals surface area (Å²) in [5.41, 5.74) is 0.761. The first kappa shape index (κ1) is 12.9. The van der Waals surface area contributed by atoms with Gasteiger partial charge in [-0.3, -0.25) is 0 Å². The maximum atomic E-state index is 12.0. The quantitative estimate of drug-likeness (QED) is 0.903. The van der Waals surface area contributed by atoms with E-state index in [0.29, 0.717) is 5.76 Å². The lowest BCUT2D eigenvalue weighted by Gasteiger charge is -2.11. The molecular weight excluding hydrogens is 250 g/mol. The van der Waals surface area contributed by atoms with Crippen LogP contribution in [0.1, 0.15) is 24.3 Å². The van der Waals surface area contributed by atoms with Crippen molar-refractivity contribution in [3.8, 4) is 0 Å². The van der Waals surface area contributed by atoms with Crippen molar-refractivity contribution in [2.45, 2.75) is 18.7 Å². The first-order valence-corrected chi connectivity index (χ1v) is 7.29. The van der Waals surface area contributed by atoms with E-state index >= 15 is 0 Å². The van der Waals surface area contributed by atoms with Gasteiger partial charge in [0.05, 0.1) is 18.1 Å². The van der Waals surface area contributed by atoms with E-state index in [0.717, 1.165) is 5.56 Å². The van der Waals surface area contributed by atoms with E-state index in [1.165, 1.54) is 6.26 Å². The van der Waals surface area contributed by atoms with Gasteiger partial charge in [-0.15, -0.1) is 0 Å². The minimum Gasteiger partial charge on any atom is -0.468 e. The zero-order chi connectivity index (χ0) is 13.0. The van der Waals surface area contributed by atoms with Crippen molar-refractivity contribution >= 4 is 10.0 Å². The molecule has 0 aliphatic rings. The van der Waals surface area contributed by atoms with Crippen LogP contribution in [0.4, 0.5) is 0 Å². The number of nitrogens with one attached hydrogen (secondary N) is 1. The molecule has 1 aromatic carbocycles. The van der Waals surface area contributed by atoms with Crippen LogP contribution in [0.25, 0.3) is 0 Å². The first-order chi connectivity index (χ1) is 8.57. The highest BCUT2D eigenvalue weighted by atomic mass is 32.2. The lowest BCUT2D eigenvalue weighted by atomic mass is 10.2. The van der Waals surface area contributed by atoms with Crippen LogP contribution < -0.4 is 4.72 Å². The molecule has 0 radical (unpaired) electrons. The van der Waals surface area contributed by atoms with Gasteiger partial charge in [-0.1, -0.05) is 30.3 Å². The van der Waals surface area contributed by atoms with Crippen molar-refractivity contribution in [2.24, 2.45) is 0 Å². The van der Waals surface area contributed by atoms with Gasteiger partial charge in [0.25, 0.3) is 0 Å². The Balaban J connectivity index is 2.04. The Morgan fingerprint density at radius 2 is 1.89 bits per heavy atom. The SMILES string of the molecule is C[C@H](NS(=O)(=O)Cc1ccccc1)c1ccco1. The second kappa shape index (κ2) is 5.37. The Labute approximate surface area is 107 Å². The topological polar surface area (TPSA) is 59.3 Å². The molecule has 1 aromatic heterocycles. The van der Waals surface area contributed by atoms with Gasteiger partial charge in [0.15, 0.2) is 0 Å². The monoisotopic (exact) mass is 265 g/mol. The number of sulfonamides is 1. The molecule has 0 amide bonds. The Morgan fingerprint density at radius 3 is 2.50 bits per heavy atom. The Morgan fingerprint density at radius 1 is 1.17 bits per heavy atom. The summed E-state index contributed by atoms with van der Waals surface area (Å²) in [6, 6.07) is 12.2. The molecule has 0 saturated heterocycles. The number of benzene rings is 1. The maximum Gasteiger partial charge on any atom is 0.216 e. The smallest absolute Gasteiger partial charge is 0.216 e. The predicted octanol–water partition coefficient (Wildman–Crippen LogP) is 2.46. The van der Waals surface area contributed by atoms with E-state index < -0.39 is 10.0 Å². The summed E-state index contributed by atoms with van der Waals surface area (Å²) < 4.78 is 31.7. The summed E-state index contributed by atoms with van der Waals surface area (Å²) in [5, 5.41) is 0. The van der Waals surface area contributed by atoms with Crippen LogP contribution in [-0.2, 0) is 15.8 Å². The number of hydrogen-bond acceptors (Lipinski definition) is 3. The zero-order valence-electron chi connectivity index (χ0n) is 10.0. The van der Waals surface area contributed by atoms with Gasteiger partial charge in [0.1, 0.15) is 5.76 Å².